The molecule has 0 unspecified atom stereocenters. The number of aryl methyl sites for hydroxylation is 1. The number of methoxy groups -OCH3 is 2. The molecule has 4 aromatic rings. The average Bonchev–Trinajstić information content (AvgIpc) is 3.19. The molecule has 56 heavy (non-hydrogen) atoms. The smallest absolute Gasteiger partial charge is 0.328 e. The normalized spacial score (nSPS) is 18.3. The Bertz CT molecular complexity index is 2200. The molecule has 14 heteroatoms. The van der Waals surface area contributed by atoms with Crippen molar-refractivity contribution in [2.24, 2.45) is 0 Å². The van der Waals surface area contributed by atoms with Crippen LogP contribution < -0.4 is 31.8 Å². The van der Waals surface area contributed by atoms with Crippen LogP contribution in [-0.4, -0.2) is 100 Å². The summed E-state index contributed by atoms with van der Waals surface area (Å²) in [4.78, 5) is 56.1. The second-order valence-electron chi connectivity index (χ2n) is 15.0. The minimum Gasteiger partial charge on any atom is -0.496 e. The number of aromatic amines is 1. The van der Waals surface area contributed by atoms with Gasteiger partial charge in [-0.3, -0.25) is 28.8 Å². The molecule has 302 valence electrons. The van der Waals surface area contributed by atoms with Crippen LogP contribution in [0.5, 0.6) is 11.5 Å². The number of likely N-dealkylation sites (tertiary alicyclic amines) is 2. The standard InChI is InChI=1S/C42H55FN6O7/c1-6-14-48-26-34(28(2)29(3)40(48)51)31-23-37(54-4)33(38(24-31)55-5)11-18-46-19-12-36(35(43)27-46)56-32-9-16-45(17-10-32)21-22-47-15-7-8-30(41(47)52)25-49-20-13-39(50)44-42(49)53/h7-8,13,15,20,23-24,26,32,35-36H,6,9-12,14,16-19,21-22,25,27H2,1-5H3,(H,44,50,53)/t35-,36-/m1/s1. The third kappa shape index (κ3) is 9.42. The van der Waals surface area contributed by atoms with E-state index in [1.54, 1.807) is 41.7 Å². The van der Waals surface area contributed by atoms with Gasteiger partial charge in [-0.15, -0.1) is 0 Å². The summed E-state index contributed by atoms with van der Waals surface area (Å²) in [7, 11) is 3.29. The lowest BCUT2D eigenvalue weighted by Crippen LogP contribution is -2.48. The van der Waals surface area contributed by atoms with Crippen LogP contribution in [0.4, 0.5) is 4.39 Å². The number of aromatic nitrogens is 4. The minimum atomic E-state index is -1.09. The van der Waals surface area contributed by atoms with Crippen molar-refractivity contribution >= 4 is 0 Å². The molecule has 2 aliphatic heterocycles. The van der Waals surface area contributed by atoms with Gasteiger partial charge in [-0.05, 0) is 75.3 Å². The Morgan fingerprint density at radius 2 is 1.52 bits per heavy atom. The molecule has 0 aliphatic carbocycles. The molecule has 2 aliphatic rings. The molecule has 0 amide bonds. The number of hydrogen-bond donors (Lipinski definition) is 1. The van der Waals surface area contributed by atoms with E-state index in [-0.39, 0.29) is 23.8 Å². The maximum Gasteiger partial charge on any atom is 0.328 e. The molecule has 0 saturated carbocycles. The largest absolute Gasteiger partial charge is 0.496 e. The van der Waals surface area contributed by atoms with Crippen LogP contribution >= 0.6 is 0 Å². The number of ether oxygens (including phenoxy) is 3. The van der Waals surface area contributed by atoms with E-state index in [1.165, 1.54) is 16.8 Å². The highest BCUT2D eigenvalue weighted by molar-refractivity contribution is 5.72. The van der Waals surface area contributed by atoms with Gasteiger partial charge in [-0.25, -0.2) is 9.18 Å². The second kappa shape index (κ2) is 18.4. The van der Waals surface area contributed by atoms with Crippen LogP contribution in [0.1, 0.15) is 54.9 Å². The van der Waals surface area contributed by atoms with Crippen molar-refractivity contribution in [2.45, 2.75) is 90.9 Å². The topological polar surface area (TPSA) is 133 Å². The van der Waals surface area contributed by atoms with Gasteiger partial charge in [0.2, 0.25) is 0 Å². The lowest BCUT2D eigenvalue weighted by atomic mass is 9.96. The summed E-state index contributed by atoms with van der Waals surface area (Å²) in [5, 5.41) is 0. The highest BCUT2D eigenvalue weighted by Crippen LogP contribution is 2.37. The molecule has 13 nitrogen and oxygen atoms in total. The number of nitrogens with one attached hydrogen (secondary N) is 1. The Morgan fingerprint density at radius 1 is 0.804 bits per heavy atom. The lowest BCUT2D eigenvalue weighted by Gasteiger charge is -2.38. The summed E-state index contributed by atoms with van der Waals surface area (Å²) < 4.78 is 38.4. The van der Waals surface area contributed by atoms with Crippen LogP contribution in [-0.2, 0) is 30.8 Å². The summed E-state index contributed by atoms with van der Waals surface area (Å²) in [6.45, 7) is 11.1. The Labute approximate surface area is 326 Å². The van der Waals surface area contributed by atoms with Crippen molar-refractivity contribution < 1.29 is 18.6 Å². The molecule has 1 aromatic carbocycles. The van der Waals surface area contributed by atoms with Crippen LogP contribution in [0.15, 0.2) is 68.1 Å². The predicted octanol–water partition coefficient (Wildman–Crippen LogP) is 3.76. The van der Waals surface area contributed by atoms with E-state index in [1.807, 2.05) is 32.2 Å². The molecule has 2 atom stereocenters. The molecule has 0 bridgehead atoms. The molecular formula is C42H55FN6O7. The number of H-pyrrole nitrogens is 1. The maximum atomic E-state index is 15.6. The van der Waals surface area contributed by atoms with E-state index in [0.717, 1.165) is 66.7 Å². The summed E-state index contributed by atoms with van der Waals surface area (Å²) in [5.74, 6) is 1.40. The van der Waals surface area contributed by atoms with Gasteiger partial charge in [0.25, 0.3) is 16.7 Å². The number of rotatable bonds is 15. The first-order chi connectivity index (χ1) is 27.0. The van der Waals surface area contributed by atoms with Gasteiger partial charge in [-0.1, -0.05) is 13.0 Å². The second-order valence-corrected chi connectivity index (χ2v) is 15.0. The van der Waals surface area contributed by atoms with E-state index in [9.17, 15) is 19.2 Å². The van der Waals surface area contributed by atoms with E-state index < -0.39 is 23.5 Å². The fourth-order valence-corrected chi connectivity index (χ4v) is 7.95. The summed E-state index contributed by atoms with van der Waals surface area (Å²) in [6.07, 6.45) is 7.21. The number of pyridine rings is 2. The third-order valence-electron chi connectivity index (χ3n) is 11.4. The first kappa shape index (κ1) is 40.9. The predicted molar refractivity (Wildman–Crippen MR) is 214 cm³/mol. The zero-order chi connectivity index (χ0) is 39.9. The van der Waals surface area contributed by atoms with E-state index >= 15 is 4.39 Å². The Hall–Kier alpha value is -4.79. The Kier molecular flexibility index (Phi) is 13.5. The molecule has 5 heterocycles. The molecule has 3 aromatic heterocycles. The molecule has 2 fully saturated rings. The zero-order valence-electron chi connectivity index (χ0n) is 33.2. The van der Waals surface area contributed by atoms with E-state index in [4.69, 9.17) is 14.2 Å². The van der Waals surface area contributed by atoms with Crippen molar-refractivity contribution in [1.29, 1.82) is 0 Å². The third-order valence-corrected chi connectivity index (χ3v) is 11.4. The highest BCUT2D eigenvalue weighted by Gasteiger charge is 2.33. The van der Waals surface area contributed by atoms with Crippen molar-refractivity contribution in [3.05, 3.63) is 113 Å². The van der Waals surface area contributed by atoms with Gasteiger partial charge >= 0.3 is 5.69 Å². The monoisotopic (exact) mass is 774 g/mol. The first-order valence-electron chi connectivity index (χ1n) is 19.7. The molecule has 1 N–H and O–H groups in total. The molecule has 0 radical (unpaired) electrons. The van der Waals surface area contributed by atoms with Gasteiger partial charge in [0.05, 0.1) is 33.0 Å². The summed E-state index contributed by atoms with van der Waals surface area (Å²) in [5.41, 5.74) is 3.75. The number of alkyl halides is 1. The van der Waals surface area contributed by atoms with Crippen molar-refractivity contribution in [1.82, 2.24) is 28.5 Å². The highest BCUT2D eigenvalue weighted by atomic mass is 19.1. The van der Waals surface area contributed by atoms with Crippen LogP contribution in [0, 0.1) is 13.8 Å². The number of piperidine rings is 2. The van der Waals surface area contributed by atoms with E-state index in [2.05, 4.69) is 21.7 Å². The van der Waals surface area contributed by atoms with E-state index in [0.29, 0.717) is 62.6 Å². The fraction of sp³-hybridized carbons (Fsp3) is 0.524. The van der Waals surface area contributed by atoms with Gasteiger partial charge in [0, 0.05) is 99.3 Å². The van der Waals surface area contributed by atoms with Crippen molar-refractivity contribution in [3.8, 4) is 22.6 Å². The molecule has 6 rings (SSSR count). The molecule has 0 spiro atoms. The van der Waals surface area contributed by atoms with Crippen LogP contribution in [0.25, 0.3) is 11.1 Å². The Morgan fingerprint density at radius 3 is 2.18 bits per heavy atom. The van der Waals surface area contributed by atoms with Gasteiger partial charge in [-0.2, -0.15) is 0 Å². The van der Waals surface area contributed by atoms with Crippen molar-refractivity contribution in [2.75, 3.05) is 53.5 Å². The molecular weight excluding hydrogens is 719 g/mol. The van der Waals surface area contributed by atoms with Crippen molar-refractivity contribution in [3.63, 3.8) is 0 Å². The number of benzene rings is 1. The summed E-state index contributed by atoms with van der Waals surface area (Å²) in [6, 6.07) is 8.75. The quantitative estimate of drug-likeness (QED) is 0.192. The Balaban J connectivity index is 0.982. The van der Waals surface area contributed by atoms with Gasteiger partial charge in [0.15, 0.2) is 0 Å². The lowest BCUT2D eigenvalue weighted by molar-refractivity contribution is -0.0984. The first-order valence-corrected chi connectivity index (χ1v) is 19.7. The maximum absolute atomic E-state index is 15.6. The average molecular weight is 775 g/mol. The van der Waals surface area contributed by atoms with Gasteiger partial charge in [0.1, 0.15) is 17.7 Å². The SMILES string of the molecule is CCCn1cc(-c2cc(OC)c(CCN3CC[C@@H](OC4CCN(CCn5cccc(Cn6ccc(=O)[nH]c6=O)c5=O)CC4)[C@H](F)C3)c(OC)c2)c(C)c(C)c1=O. The number of hydrogen-bond acceptors (Lipinski definition) is 9. The number of nitrogens with zero attached hydrogens (tertiary/aromatic N) is 5. The number of halogens is 1. The summed E-state index contributed by atoms with van der Waals surface area (Å²) >= 11 is 0. The fourth-order valence-electron chi connectivity index (χ4n) is 7.95. The minimum absolute atomic E-state index is 0.0107. The molecule has 2 saturated heterocycles. The van der Waals surface area contributed by atoms with Gasteiger partial charge < -0.3 is 28.2 Å². The zero-order valence-corrected chi connectivity index (χ0v) is 33.2. The van der Waals surface area contributed by atoms with Crippen LogP contribution in [0.2, 0.25) is 0 Å². The van der Waals surface area contributed by atoms with Crippen LogP contribution in [0.3, 0.4) is 0 Å².